The van der Waals surface area contributed by atoms with E-state index < -0.39 is 5.97 Å². The zero-order valence-electron chi connectivity index (χ0n) is 14.3. The molecule has 1 aromatic carbocycles. The van der Waals surface area contributed by atoms with Gasteiger partial charge in [0.2, 0.25) is 5.91 Å². The first-order valence-corrected chi connectivity index (χ1v) is 9.46. The largest absolute Gasteiger partial charge is 0.464 e. The number of carbonyl (C=O) groups is 2. The lowest BCUT2D eigenvalue weighted by atomic mass is 10.0. The number of hydrogen-bond acceptors (Lipinski definition) is 6. The number of aryl methyl sites for hydroxylation is 2. The highest BCUT2D eigenvalue weighted by molar-refractivity contribution is 7.14. The molecule has 2 heterocycles. The predicted octanol–water partition coefficient (Wildman–Crippen LogP) is 3.74. The minimum Gasteiger partial charge on any atom is -0.464 e. The fourth-order valence-corrected chi connectivity index (χ4v) is 3.95. The van der Waals surface area contributed by atoms with Crippen LogP contribution in [0.15, 0.2) is 28.2 Å². The van der Waals surface area contributed by atoms with Crippen molar-refractivity contribution in [1.82, 2.24) is 4.98 Å². The van der Waals surface area contributed by atoms with Gasteiger partial charge in [-0.15, -0.1) is 11.3 Å². The molecule has 134 valence electrons. The number of nitrogens with zero attached hydrogens (tertiary/aromatic N) is 1. The average molecular weight is 370 g/mol. The van der Waals surface area contributed by atoms with Gasteiger partial charge in [0.25, 0.3) is 0 Å². The van der Waals surface area contributed by atoms with Gasteiger partial charge in [0.1, 0.15) is 5.58 Å². The quantitative estimate of drug-likeness (QED) is 0.692. The number of anilines is 1. The molecule has 1 aliphatic rings. The number of aromatic nitrogens is 1. The molecule has 0 fully saturated rings. The summed E-state index contributed by atoms with van der Waals surface area (Å²) in [5, 5.41) is 5.68. The third-order valence-corrected chi connectivity index (χ3v) is 5.21. The van der Waals surface area contributed by atoms with E-state index in [1.54, 1.807) is 18.6 Å². The van der Waals surface area contributed by atoms with Crippen molar-refractivity contribution >= 4 is 39.3 Å². The Hall–Kier alpha value is -2.67. The van der Waals surface area contributed by atoms with Crippen molar-refractivity contribution in [3.63, 3.8) is 0 Å². The zero-order valence-corrected chi connectivity index (χ0v) is 15.1. The van der Waals surface area contributed by atoms with Crippen LogP contribution in [0.1, 0.15) is 40.5 Å². The van der Waals surface area contributed by atoms with Gasteiger partial charge in [0.15, 0.2) is 10.8 Å². The minimum absolute atomic E-state index is 0.195. The number of ether oxygens (including phenoxy) is 1. The summed E-state index contributed by atoms with van der Waals surface area (Å²) in [5.41, 5.74) is 4.58. The second-order valence-electron chi connectivity index (χ2n) is 6.21. The summed E-state index contributed by atoms with van der Waals surface area (Å²) < 4.78 is 10.5. The number of furan rings is 1. The van der Waals surface area contributed by atoms with Crippen LogP contribution in [-0.2, 0) is 28.8 Å². The van der Waals surface area contributed by atoms with E-state index in [4.69, 9.17) is 9.15 Å². The van der Waals surface area contributed by atoms with Crippen molar-refractivity contribution in [3.05, 3.63) is 46.2 Å². The van der Waals surface area contributed by atoms with E-state index in [-0.39, 0.29) is 24.6 Å². The Morgan fingerprint density at radius 3 is 2.92 bits per heavy atom. The molecular formula is C19H18N2O4S. The summed E-state index contributed by atoms with van der Waals surface area (Å²) in [6.07, 6.45) is 5.18. The number of carbonyl (C=O) groups excluding carboxylic acids is 2. The van der Waals surface area contributed by atoms with Gasteiger partial charge in [-0.25, -0.2) is 9.78 Å². The molecule has 1 amide bonds. The Labute approximate surface area is 154 Å². The number of nitrogens with one attached hydrogen (secondary N) is 1. The Kier molecular flexibility index (Phi) is 4.46. The van der Waals surface area contributed by atoms with E-state index in [0.717, 1.165) is 29.4 Å². The van der Waals surface area contributed by atoms with Crippen molar-refractivity contribution in [2.24, 2.45) is 0 Å². The van der Waals surface area contributed by atoms with E-state index in [9.17, 15) is 9.59 Å². The highest BCUT2D eigenvalue weighted by Crippen LogP contribution is 2.30. The van der Waals surface area contributed by atoms with Crippen LogP contribution >= 0.6 is 11.3 Å². The minimum atomic E-state index is -0.487. The maximum Gasteiger partial charge on any atom is 0.357 e. The number of amides is 1. The first-order chi connectivity index (χ1) is 12.6. The van der Waals surface area contributed by atoms with Gasteiger partial charge in [-0.3, -0.25) is 4.79 Å². The molecule has 1 N–H and O–H groups in total. The van der Waals surface area contributed by atoms with Crippen molar-refractivity contribution in [3.8, 4) is 0 Å². The van der Waals surface area contributed by atoms with Gasteiger partial charge in [-0.2, -0.15) is 0 Å². The summed E-state index contributed by atoms with van der Waals surface area (Å²) in [4.78, 5) is 28.1. The lowest BCUT2D eigenvalue weighted by Crippen LogP contribution is -2.14. The molecule has 6 nitrogen and oxygen atoms in total. The van der Waals surface area contributed by atoms with Crippen LogP contribution < -0.4 is 5.32 Å². The van der Waals surface area contributed by atoms with Gasteiger partial charge in [-0.05, 0) is 49.4 Å². The summed E-state index contributed by atoms with van der Waals surface area (Å²) >= 11 is 1.20. The van der Waals surface area contributed by atoms with E-state index >= 15 is 0 Å². The molecule has 2 aromatic heterocycles. The third kappa shape index (κ3) is 3.22. The second-order valence-corrected chi connectivity index (χ2v) is 7.07. The zero-order chi connectivity index (χ0) is 18.1. The van der Waals surface area contributed by atoms with Crippen LogP contribution in [0, 0.1) is 0 Å². The van der Waals surface area contributed by atoms with Crippen molar-refractivity contribution in [1.29, 1.82) is 0 Å². The molecule has 7 heteroatoms. The smallest absolute Gasteiger partial charge is 0.357 e. The Bertz CT molecular complexity index is 989. The highest BCUT2D eigenvalue weighted by atomic mass is 32.1. The van der Waals surface area contributed by atoms with Gasteiger partial charge in [-0.1, -0.05) is 0 Å². The van der Waals surface area contributed by atoms with E-state index in [1.165, 1.54) is 28.9 Å². The van der Waals surface area contributed by atoms with Crippen LogP contribution in [0.4, 0.5) is 5.13 Å². The number of fused-ring (bicyclic) bond motifs is 2. The first kappa shape index (κ1) is 16.8. The number of thiazole rings is 1. The molecule has 0 spiro atoms. The maximum absolute atomic E-state index is 12.4. The first-order valence-electron chi connectivity index (χ1n) is 8.58. The Balaban J connectivity index is 1.47. The van der Waals surface area contributed by atoms with Crippen molar-refractivity contribution in [2.45, 2.75) is 32.6 Å². The molecule has 0 saturated heterocycles. The van der Waals surface area contributed by atoms with Gasteiger partial charge in [0, 0.05) is 16.3 Å². The predicted molar refractivity (Wildman–Crippen MR) is 98.6 cm³/mol. The molecule has 0 saturated carbocycles. The van der Waals surface area contributed by atoms with Gasteiger partial charge < -0.3 is 14.5 Å². The highest BCUT2D eigenvalue weighted by Gasteiger charge is 2.18. The third-order valence-electron chi connectivity index (χ3n) is 4.45. The number of rotatable bonds is 5. The molecule has 3 aromatic rings. The summed E-state index contributed by atoms with van der Waals surface area (Å²) in [6.45, 7) is 2.02. The number of hydrogen-bond donors (Lipinski definition) is 1. The number of esters is 1. The SMILES string of the molecule is CCOC(=O)c1csc(NC(=O)Cc2coc3cc4c(cc23)CCC4)n1. The number of benzene rings is 1. The Morgan fingerprint density at radius 2 is 2.12 bits per heavy atom. The molecule has 0 radical (unpaired) electrons. The van der Waals surface area contributed by atoms with Gasteiger partial charge in [0.05, 0.1) is 19.3 Å². The van der Waals surface area contributed by atoms with Crippen LogP contribution in [0.2, 0.25) is 0 Å². The topological polar surface area (TPSA) is 81.4 Å². The molecule has 1 aliphatic carbocycles. The Morgan fingerprint density at radius 1 is 1.31 bits per heavy atom. The van der Waals surface area contributed by atoms with Crippen molar-refractivity contribution < 1.29 is 18.7 Å². The van der Waals surface area contributed by atoms with Crippen LogP contribution in [0.3, 0.4) is 0 Å². The molecule has 0 bridgehead atoms. The molecule has 0 atom stereocenters. The van der Waals surface area contributed by atoms with Gasteiger partial charge >= 0.3 is 5.97 Å². The van der Waals surface area contributed by atoms with Crippen LogP contribution in [0.5, 0.6) is 0 Å². The summed E-state index contributed by atoms with van der Waals surface area (Å²) in [7, 11) is 0. The summed E-state index contributed by atoms with van der Waals surface area (Å²) in [6, 6.07) is 4.23. The lowest BCUT2D eigenvalue weighted by molar-refractivity contribution is -0.115. The van der Waals surface area contributed by atoms with Crippen LogP contribution in [0.25, 0.3) is 11.0 Å². The molecule has 26 heavy (non-hydrogen) atoms. The normalized spacial score (nSPS) is 13.0. The monoisotopic (exact) mass is 370 g/mol. The van der Waals surface area contributed by atoms with E-state index in [0.29, 0.717) is 5.13 Å². The van der Waals surface area contributed by atoms with E-state index in [1.807, 2.05) is 0 Å². The molecular weight excluding hydrogens is 352 g/mol. The van der Waals surface area contributed by atoms with Crippen molar-refractivity contribution in [2.75, 3.05) is 11.9 Å². The molecule has 0 unspecified atom stereocenters. The molecule has 4 rings (SSSR count). The second kappa shape index (κ2) is 6.92. The summed E-state index contributed by atoms with van der Waals surface area (Å²) in [5.74, 6) is -0.683. The average Bonchev–Trinajstić information content (AvgIpc) is 3.33. The van der Waals surface area contributed by atoms with E-state index in [2.05, 4.69) is 22.4 Å². The molecule has 0 aliphatic heterocycles. The maximum atomic E-state index is 12.4. The standard InChI is InChI=1S/C19H18N2O4S/c1-2-24-18(23)15-10-26-19(20-15)21-17(22)8-13-9-25-16-7-12-5-3-4-11(12)6-14(13)16/h6-7,9-10H,2-5,8H2,1H3,(H,20,21,22). The lowest BCUT2D eigenvalue weighted by Gasteiger charge is -2.02. The fraction of sp³-hybridized carbons (Fsp3) is 0.316. The fourth-order valence-electron chi connectivity index (χ4n) is 3.25. The van der Waals surface area contributed by atoms with Crippen LogP contribution in [-0.4, -0.2) is 23.5 Å².